The highest BCUT2D eigenvalue weighted by Crippen LogP contribution is 2.14. The molecule has 3 aromatic rings. The number of aryl methyl sites for hydroxylation is 1. The highest BCUT2D eigenvalue weighted by atomic mass is 16.4. The molecule has 3 rings (SSSR count). The number of nitrogens with zero attached hydrogens (tertiary/aromatic N) is 2. The Kier molecular flexibility index (Phi) is 6.01. The lowest BCUT2D eigenvalue weighted by atomic mass is 10.2. The molecule has 2 aromatic heterocycles. The fourth-order valence-corrected chi connectivity index (χ4v) is 2.83. The summed E-state index contributed by atoms with van der Waals surface area (Å²) in [5, 5.41) is 18.2. The molecule has 2 amide bonds. The van der Waals surface area contributed by atoms with Gasteiger partial charge in [0.05, 0.1) is 0 Å². The predicted molar refractivity (Wildman–Crippen MR) is 105 cm³/mol. The summed E-state index contributed by atoms with van der Waals surface area (Å²) >= 11 is 0. The first-order valence-electron chi connectivity index (χ1n) is 8.90. The predicted octanol–water partition coefficient (Wildman–Crippen LogP) is 1.35. The molecule has 0 spiro atoms. The zero-order valence-corrected chi connectivity index (χ0v) is 15.5. The topological polar surface area (TPSA) is 110 Å². The van der Waals surface area contributed by atoms with Crippen LogP contribution in [0.2, 0.25) is 0 Å². The van der Waals surface area contributed by atoms with E-state index in [9.17, 15) is 9.59 Å². The zero-order chi connectivity index (χ0) is 19.9. The highest BCUT2D eigenvalue weighted by molar-refractivity contribution is 5.98. The maximum Gasteiger partial charge on any atom is 0.267 e. The molecule has 0 aliphatic carbocycles. The van der Waals surface area contributed by atoms with Gasteiger partial charge in [0.25, 0.3) is 11.8 Å². The smallest absolute Gasteiger partial charge is 0.267 e. The summed E-state index contributed by atoms with van der Waals surface area (Å²) in [5.41, 5.74) is 2.60. The van der Waals surface area contributed by atoms with E-state index in [2.05, 4.69) is 20.8 Å². The molecular formula is C20H22N5O3+. The Morgan fingerprint density at radius 2 is 1.89 bits per heavy atom. The van der Waals surface area contributed by atoms with Gasteiger partial charge in [0, 0.05) is 30.1 Å². The summed E-state index contributed by atoms with van der Waals surface area (Å²) < 4.78 is 1.69. The van der Waals surface area contributed by atoms with Crippen LogP contribution < -0.4 is 15.2 Å². The number of oxime groups is 1. The molecule has 0 aliphatic rings. The molecule has 144 valence electrons. The van der Waals surface area contributed by atoms with Gasteiger partial charge in [0.15, 0.2) is 6.20 Å². The third kappa shape index (κ3) is 4.53. The second kappa shape index (κ2) is 8.81. The Morgan fingerprint density at radius 1 is 1.14 bits per heavy atom. The van der Waals surface area contributed by atoms with Gasteiger partial charge >= 0.3 is 0 Å². The van der Waals surface area contributed by atoms with Crippen molar-refractivity contribution in [2.24, 2.45) is 12.2 Å². The monoisotopic (exact) mass is 380 g/mol. The van der Waals surface area contributed by atoms with E-state index in [0.717, 1.165) is 10.9 Å². The Balaban J connectivity index is 1.43. The van der Waals surface area contributed by atoms with Crippen LogP contribution in [-0.4, -0.2) is 41.3 Å². The van der Waals surface area contributed by atoms with Crippen molar-refractivity contribution in [3.8, 4) is 0 Å². The molecule has 0 bridgehead atoms. The molecule has 0 saturated heterocycles. The number of nitrogens with one attached hydrogen (secondary N) is 3. The van der Waals surface area contributed by atoms with Crippen molar-refractivity contribution in [1.29, 1.82) is 0 Å². The zero-order valence-electron chi connectivity index (χ0n) is 15.5. The fourth-order valence-electron chi connectivity index (χ4n) is 2.83. The molecule has 0 fully saturated rings. The van der Waals surface area contributed by atoms with Crippen LogP contribution in [0.3, 0.4) is 0 Å². The first kappa shape index (κ1) is 19.1. The first-order valence-corrected chi connectivity index (χ1v) is 8.90. The van der Waals surface area contributed by atoms with E-state index in [4.69, 9.17) is 5.21 Å². The van der Waals surface area contributed by atoms with Gasteiger partial charge in [0.1, 0.15) is 24.5 Å². The van der Waals surface area contributed by atoms with Crippen molar-refractivity contribution in [3.63, 3.8) is 0 Å². The number of carbonyl (C=O) groups is 2. The number of para-hydroxylation sites is 1. The minimum Gasteiger partial charge on any atom is -0.411 e. The van der Waals surface area contributed by atoms with Crippen molar-refractivity contribution >= 4 is 28.9 Å². The van der Waals surface area contributed by atoms with Gasteiger partial charge in [-0.2, -0.15) is 4.57 Å². The largest absolute Gasteiger partial charge is 0.411 e. The van der Waals surface area contributed by atoms with Gasteiger partial charge < -0.3 is 20.8 Å². The quantitative estimate of drug-likeness (QED) is 0.163. The van der Waals surface area contributed by atoms with Gasteiger partial charge in [-0.25, -0.2) is 0 Å². The molecule has 0 aliphatic heterocycles. The number of carbonyl (C=O) groups excluding carboxylic acids is 2. The van der Waals surface area contributed by atoms with E-state index in [1.807, 2.05) is 30.3 Å². The minimum atomic E-state index is -0.204. The number of hydrogen-bond donors (Lipinski definition) is 4. The standard InChI is InChI=1S/C20H21N5O3/c1-25-13-15(7-8-16(25)12-23-28)19(26)21-9-4-10-22-20(27)18-11-14-5-2-3-6-17(14)24-18/h2-3,5-8,11-13H,4,9-10H2,1H3,(H3,21,22,24,26,27)/p+1. The van der Waals surface area contributed by atoms with E-state index in [1.54, 1.807) is 29.9 Å². The molecule has 2 heterocycles. The molecule has 1 aromatic carbocycles. The summed E-state index contributed by atoms with van der Waals surface area (Å²) in [7, 11) is 1.76. The Labute approximate surface area is 161 Å². The SMILES string of the molecule is C[n+]1cc(C(=O)NCCCNC(=O)c2cc3ccccc3[nH]2)ccc1/C=N\O. The van der Waals surface area contributed by atoms with E-state index >= 15 is 0 Å². The molecule has 0 radical (unpaired) electrons. The van der Waals surface area contributed by atoms with Crippen LogP contribution in [-0.2, 0) is 7.05 Å². The second-order valence-corrected chi connectivity index (χ2v) is 6.33. The molecule has 0 unspecified atom stereocenters. The average Bonchev–Trinajstić information content (AvgIpc) is 3.13. The number of pyridine rings is 1. The van der Waals surface area contributed by atoms with E-state index in [1.165, 1.54) is 6.21 Å². The number of hydrogen-bond acceptors (Lipinski definition) is 4. The van der Waals surface area contributed by atoms with E-state index in [0.29, 0.717) is 36.5 Å². The third-order valence-corrected chi connectivity index (χ3v) is 4.33. The summed E-state index contributed by atoms with van der Waals surface area (Å²) in [5.74, 6) is -0.374. The lowest BCUT2D eigenvalue weighted by molar-refractivity contribution is -0.672. The summed E-state index contributed by atoms with van der Waals surface area (Å²) in [6, 6.07) is 12.9. The van der Waals surface area contributed by atoms with E-state index < -0.39 is 0 Å². The second-order valence-electron chi connectivity index (χ2n) is 6.33. The van der Waals surface area contributed by atoms with Crippen LogP contribution in [0.5, 0.6) is 0 Å². The molecular weight excluding hydrogens is 358 g/mol. The summed E-state index contributed by atoms with van der Waals surface area (Å²) in [4.78, 5) is 27.5. The van der Waals surface area contributed by atoms with E-state index in [-0.39, 0.29) is 11.8 Å². The van der Waals surface area contributed by atoms with Crippen molar-refractivity contribution in [2.75, 3.05) is 13.1 Å². The number of amides is 2. The van der Waals surface area contributed by atoms with Crippen molar-refractivity contribution < 1.29 is 19.4 Å². The van der Waals surface area contributed by atoms with Crippen LogP contribution in [0.15, 0.2) is 53.8 Å². The van der Waals surface area contributed by atoms with Gasteiger partial charge in [0.2, 0.25) is 5.69 Å². The lowest BCUT2D eigenvalue weighted by Crippen LogP contribution is -2.36. The number of rotatable bonds is 7. The molecule has 8 heteroatoms. The normalized spacial score (nSPS) is 11.0. The number of fused-ring (bicyclic) bond motifs is 1. The first-order chi connectivity index (χ1) is 13.6. The van der Waals surface area contributed by atoms with Crippen LogP contribution in [0.1, 0.15) is 33.0 Å². The maximum atomic E-state index is 12.2. The maximum absolute atomic E-state index is 12.2. The lowest BCUT2D eigenvalue weighted by Gasteiger charge is -2.06. The number of H-pyrrole nitrogens is 1. The molecule has 0 atom stereocenters. The molecule has 0 saturated carbocycles. The van der Waals surface area contributed by atoms with Crippen LogP contribution in [0.4, 0.5) is 0 Å². The molecule has 4 N–H and O–H groups in total. The molecule has 8 nitrogen and oxygen atoms in total. The van der Waals surface area contributed by atoms with Crippen LogP contribution in [0.25, 0.3) is 10.9 Å². The van der Waals surface area contributed by atoms with Gasteiger partial charge in [-0.1, -0.05) is 23.4 Å². The van der Waals surface area contributed by atoms with Crippen LogP contribution in [0, 0.1) is 0 Å². The third-order valence-electron chi connectivity index (χ3n) is 4.33. The number of benzene rings is 1. The molecule has 28 heavy (non-hydrogen) atoms. The summed E-state index contributed by atoms with van der Waals surface area (Å²) in [6.07, 6.45) is 3.56. The average molecular weight is 380 g/mol. The van der Waals surface area contributed by atoms with Crippen LogP contribution >= 0.6 is 0 Å². The number of aromatic amines is 1. The van der Waals surface area contributed by atoms with Gasteiger partial charge in [-0.15, -0.1) is 0 Å². The van der Waals surface area contributed by atoms with Crippen molar-refractivity contribution in [1.82, 2.24) is 15.6 Å². The van der Waals surface area contributed by atoms with Gasteiger partial charge in [-0.05, 0) is 24.6 Å². The Bertz CT molecular complexity index is 993. The number of aromatic nitrogens is 2. The Hall–Kier alpha value is -3.68. The minimum absolute atomic E-state index is 0.171. The highest BCUT2D eigenvalue weighted by Gasteiger charge is 2.12. The van der Waals surface area contributed by atoms with Crippen molar-refractivity contribution in [3.05, 3.63) is 65.6 Å². The van der Waals surface area contributed by atoms with Crippen molar-refractivity contribution in [2.45, 2.75) is 6.42 Å². The Morgan fingerprint density at radius 3 is 2.61 bits per heavy atom. The summed E-state index contributed by atoms with van der Waals surface area (Å²) in [6.45, 7) is 0.892. The van der Waals surface area contributed by atoms with Gasteiger partial charge in [-0.3, -0.25) is 9.59 Å². The fraction of sp³-hybridized carbons (Fsp3) is 0.200.